The topological polar surface area (TPSA) is 0 Å². The third-order valence-electron chi connectivity index (χ3n) is 12.0. The maximum atomic E-state index is 2.46. The van der Waals surface area contributed by atoms with Crippen LogP contribution in [0.1, 0.15) is 25.0 Å². The number of rotatable bonds is 3. The molecule has 53 heavy (non-hydrogen) atoms. The van der Waals surface area contributed by atoms with E-state index in [1.54, 1.807) is 0 Å². The van der Waals surface area contributed by atoms with Crippen LogP contribution in [0.25, 0.3) is 98.4 Å². The van der Waals surface area contributed by atoms with Crippen LogP contribution in [-0.4, -0.2) is 0 Å². The average Bonchev–Trinajstić information content (AvgIpc) is 3.44. The second kappa shape index (κ2) is 11.2. The standard InChI is InChI=1S/C53H36/c1-53(2)51-31-36(35-22-21-33-11-3-4-12-34(33)29-35)23-27-48(51)49-28-25-38(32-52(49)53)40-18-10-19-41-39(17-9-20-42(40)41)37-24-26-47-45-15-6-5-13-43(45)44-14-7-8-16-46(44)50(47)30-37/h3-32H,1-2H3. The molecule has 248 valence electrons. The molecule has 0 aromatic heterocycles. The van der Waals surface area contributed by atoms with Crippen molar-refractivity contribution in [1.29, 1.82) is 0 Å². The lowest BCUT2D eigenvalue weighted by molar-refractivity contribution is 0.661. The summed E-state index contributed by atoms with van der Waals surface area (Å²) in [6.07, 6.45) is 0. The van der Waals surface area contributed by atoms with Gasteiger partial charge in [0, 0.05) is 5.41 Å². The molecule has 0 aliphatic heterocycles. The minimum atomic E-state index is -0.124. The highest BCUT2D eigenvalue weighted by Crippen LogP contribution is 2.51. The number of hydrogen-bond acceptors (Lipinski definition) is 0. The predicted octanol–water partition coefficient (Wildman–Crippen LogP) is 14.8. The van der Waals surface area contributed by atoms with Crippen molar-refractivity contribution in [3.63, 3.8) is 0 Å². The molecular weight excluding hydrogens is 637 g/mol. The highest BCUT2D eigenvalue weighted by Gasteiger charge is 2.36. The first kappa shape index (κ1) is 30.2. The summed E-state index contributed by atoms with van der Waals surface area (Å²) >= 11 is 0. The monoisotopic (exact) mass is 672 g/mol. The van der Waals surface area contributed by atoms with E-state index >= 15 is 0 Å². The summed E-state index contributed by atoms with van der Waals surface area (Å²) in [5.74, 6) is 0. The van der Waals surface area contributed by atoms with E-state index in [0.29, 0.717) is 0 Å². The molecule has 0 radical (unpaired) electrons. The van der Waals surface area contributed by atoms with E-state index in [9.17, 15) is 0 Å². The lowest BCUT2D eigenvalue weighted by Gasteiger charge is -2.23. The van der Waals surface area contributed by atoms with Gasteiger partial charge in [-0.15, -0.1) is 0 Å². The van der Waals surface area contributed by atoms with Crippen molar-refractivity contribution in [3.05, 3.63) is 193 Å². The van der Waals surface area contributed by atoms with E-state index in [4.69, 9.17) is 0 Å². The number of benzene rings is 10. The molecule has 0 unspecified atom stereocenters. The Kier molecular flexibility index (Phi) is 6.40. The maximum Gasteiger partial charge on any atom is 0.0159 e. The Morgan fingerprint density at radius 2 is 0.698 bits per heavy atom. The van der Waals surface area contributed by atoms with Crippen LogP contribution < -0.4 is 0 Å². The van der Waals surface area contributed by atoms with E-state index in [2.05, 4.69) is 196 Å². The molecule has 0 amide bonds. The lowest BCUT2D eigenvalue weighted by Crippen LogP contribution is -2.15. The lowest BCUT2D eigenvalue weighted by atomic mass is 9.80. The van der Waals surface area contributed by atoms with Gasteiger partial charge in [-0.3, -0.25) is 0 Å². The van der Waals surface area contributed by atoms with Crippen LogP contribution in [0.5, 0.6) is 0 Å². The van der Waals surface area contributed by atoms with Gasteiger partial charge in [0.25, 0.3) is 0 Å². The maximum absolute atomic E-state index is 2.46. The van der Waals surface area contributed by atoms with E-state index in [-0.39, 0.29) is 5.41 Å². The van der Waals surface area contributed by atoms with Crippen LogP contribution in [0.2, 0.25) is 0 Å². The zero-order chi connectivity index (χ0) is 35.3. The summed E-state index contributed by atoms with van der Waals surface area (Å²) in [4.78, 5) is 0. The van der Waals surface area contributed by atoms with Gasteiger partial charge in [-0.25, -0.2) is 0 Å². The first-order chi connectivity index (χ1) is 26.0. The van der Waals surface area contributed by atoms with Gasteiger partial charge in [0.05, 0.1) is 0 Å². The summed E-state index contributed by atoms with van der Waals surface area (Å²) in [5, 5.41) is 12.9. The van der Waals surface area contributed by atoms with Gasteiger partial charge in [0.1, 0.15) is 0 Å². The Morgan fingerprint density at radius 1 is 0.264 bits per heavy atom. The van der Waals surface area contributed by atoms with Gasteiger partial charge in [0.15, 0.2) is 0 Å². The van der Waals surface area contributed by atoms with E-state index in [1.807, 2.05) is 0 Å². The molecule has 0 heteroatoms. The van der Waals surface area contributed by atoms with Crippen molar-refractivity contribution in [1.82, 2.24) is 0 Å². The highest BCUT2D eigenvalue weighted by atomic mass is 14.4. The largest absolute Gasteiger partial charge is 0.0616 e. The molecule has 0 fully saturated rings. The Hall–Kier alpha value is -6.50. The van der Waals surface area contributed by atoms with Gasteiger partial charge in [-0.2, -0.15) is 0 Å². The number of hydrogen-bond donors (Lipinski definition) is 0. The smallest absolute Gasteiger partial charge is 0.0159 e. The Morgan fingerprint density at radius 3 is 1.34 bits per heavy atom. The summed E-state index contributed by atoms with van der Waals surface area (Å²) in [7, 11) is 0. The van der Waals surface area contributed by atoms with Gasteiger partial charge in [0.2, 0.25) is 0 Å². The van der Waals surface area contributed by atoms with Crippen LogP contribution in [0.3, 0.4) is 0 Å². The second-order valence-electron chi connectivity index (χ2n) is 15.3. The fourth-order valence-corrected chi connectivity index (χ4v) is 9.34. The van der Waals surface area contributed by atoms with Gasteiger partial charge < -0.3 is 0 Å². The minimum absolute atomic E-state index is 0.124. The van der Waals surface area contributed by atoms with Crippen LogP contribution in [0.4, 0.5) is 0 Å². The van der Waals surface area contributed by atoms with Crippen molar-refractivity contribution < 1.29 is 0 Å². The average molecular weight is 673 g/mol. The molecule has 0 nitrogen and oxygen atoms in total. The Labute approximate surface area is 309 Å². The van der Waals surface area contributed by atoms with Crippen LogP contribution in [0.15, 0.2) is 182 Å². The molecule has 10 aromatic carbocycles. The summed E-state index contributed by atoms with van der Waals surface area (Å²) in [6, 6.07) is 68.0. The molecular formula is C53H36. The summed E-state index contributed by atoms with van der Waals surface area (Å²) < 4.78 is 0. The van der Waals surface area contributed by atoms with Crippen LogP contribution in [-0.2, 0) is 5.41 Å². The fourth-order valence-electron chi connectivity index (χ4n) is 9.34. The normalized spacial score (nSPS) is 13.2. The third kappa shape index (κ3) is 4.49. The molecule has 0 N–H and O–H groups in total. The molecule has 11 rings (SSSR count). The van der Waals surface area contributed by atoms with Crippen molar-refractivity contribution in [2.24, 2.45) is 0 Å². The van der Waals surface area contributed by atoms with Gasteiger partial charge in [-0.1, -0.05) is 172 Å². The first-order valence-electron chi connectivity index (χ1n) is 18.7. The zero-order valence-corrected chi connectivity index (χ0v) is 29.8. The van der Waals surface area contributed by atoms with Crippen molar-refractivity contribution in [2.45, 2.75) is 19.3 Å². The van der Waals surface area contributed by atoms with Crippen LogP contribution >= 0.6 is 0 Å². The first-order valence-corrected chi connectivity index (χ1v) is 18.7. The fraction of sp³-hybridized carbons (Fsp3) is 0.0566. The van der Waals surface area contributed by atoms with Crippen molar-refractivity contribution in [2.75, 3.05) is 0 Å². The molecule has 1 aliphatic carbocycles. The molecule has 0 spiro atoms. The Bertz CT molecular complexity index is 3100. The quantitative estimate of drug-likeness (QED) is 0.164. The van der Waals surface area contributed by atoms with E-state index < -0.39 is 0 Å². The predicted molar refractivity (Wildman–Crippen MR) is 228 cm³/mol. The number of fused-ring (bicyclic) bond motifs is 11. The molecule has 0 bridgehead atoms. The zero-order valence-electron chi connectivity index (χ0n) is 29.8. The van der Waals surface area contributed by atoms with Gasteiger partial charge in [-0.05, 0) is 134 Å². The van der Waals surface area contributed by atoms with Crippen LogP contribution in [0, 0.1) is 0 Å². The summed E-state index contributed by atoms with van der Waals surface area (Å²) in [6.45, 7) is 4.78. The highest BCUT2D eigenvalue weighted by molar-refractivity contribution is 6.26. The third-order valence-corrected chi connectivity index (χ3v) is 12.0. The minimum Gasteiger partial charge on any atom is -0.0616 e. The Balaban J connectivity index is 1.02. The van der Waals surface area contributed by atoms with Crippen molar-refractivity contribution in [3.8, 4) is 44.5 Å². The second-order valence-corrected chi connectivity index (χ2v) is 15.3. The molecule has 10 aromatic rings. The van der Waals surface area contributed by atoms with E-state index in [1.165, 1.54) is 109 Å². The van der Waals surface area contributed by atoms with E-state index in [0.717, 1.165) is 0 Å². The molecule has 0 heterocycles. The SMILES string of the molecule is CC1(C)c2cc(-c3ccc4ccccc4c3)ccc2-c2ccc(-c3cccc4c(-c5ccc6c7ccccc7c7ccccc7c6c5)cccc34)cc21. The molecule has 0 atom stereocenters. The van der Waals surface area contributed by atoms with Gasteiger partial charge >= 0.3 is 0 Å². The summed E-state index contributed by atoms with van der Waals surface area (Å²) in [5.41, 5.74) is 12.9. The molecule has 1 aliphatic rings. The molecule has 0 saturated carbocycles. The van der Waals surface area contributed by atoms with Crippen molar-refractivity contribution >= 4 is 53.9 Å². The molecule has 0 saturated heterocycles.